The average molecular weight is 306 g/mol. The van der Waals surface area contributed by atoms with E-state index in [1.807, 2.05) is 11.8 Å². The molecule has 22 heavy (non-hydrogen) atoms. The molecule has 1 aliphatic rings. The van der Waals surface area contributed by atoms with Crippen molar-refractivity contribution < 1.29 is 14.0 Å². The van der Waals surface area contributed by atoms with E-state index in [2.05, 4.69) is 6.92 Å². The minimum Gasteiger partial charge on any atom is -0.339 e. The Kier molecular flexibility index (Phi) is 5.52. The van der Waals surface area contributed by atoms with Crippen LogP contribution in [0.4, 0.5) is 4.39 Å². The van der Waals surface area contributed by atoms with E-state index in [1.54, 1.807) is 11.0 Å². The van der Waals surface area contributed by atoms with Gasteiger partial charge in [-0.2, -0.15) is 0 Å². The third-order valence-electron chi connectivity index (χ3n) is 4.09. The molecule has 1 saturated heterocycles. The smallest absolute Gasteiger partial charge is 0.254 e. The lowest BCUT2D eigenvalue weighted by molar-refractivity contribution is -0.136. The van der Waals surface area contributed by atoms with Crippen molar-refractivity contribution in [3.8, 4) is 0 Å². The molecule has 1 unspecified atom stereocenters. The second-order valence-corrected chi connectivity index (χ2v) is 5.82. The minimum atomic E-state index is -0.409. The number of carbonyl (C=O) groups excluding carboxylic acids is 2. The molecule has 0 aliphatic carbocycles. The zero-order valence-corrected chi connectivity index (χ0v) is 13.2. The number of rotatable bonds is 4. The number of carbonyl (C=O) groups is 2. The predicted octanol–water partition coefficient (Wildman–Crippen LogP) is 2.55. The van der Waals surface area contributed by atoms with E-state index in [4.69, 9.17) is 0 Å². The Morgan fingerprint density at radius 3 is 2.41 bits per heavy atom. The second-order valence-electron chi connectivity index (χ2n) is 5.82. The number of piperazine rings is 1. The lowest BCUT2D eigenvalue weighted by Crippen LogP contribution is -2.51. The van der Waals surface area contributed by atoms with Gasteiger partial charge in [0.1, 0.15) is 5.82 Å². The molecule has 0 aromatic heterocycles. The Morgan fingerprint density at radius 2 is 1.82 bits per heavy atom. The fourth-order valence-corrected chi connectivity index (χ4v) is 2.80. The zero-order chi connectivity index (χ0) is 16.1. The maximum absolute atomic E-state index is 13.2. The molecular weight excluding hydrogens is 283 g/mol. The van der Waals surface area contributed by atoms with E-state index in [1.165, 1.54) is 18.2 Å². The highest BCUT2D eigenvalue weighted by Crippen LogP contribution is 2.14. The van der Waals surface area contributed by atoms with Crippen LogP contribution in [0.1, 0.15) is 37.0 Å². The topological polar surface area (TPSA) is 40.6 Å². The molecule has 2 amide bonds. The number of hydrogen-bond acceptors (Lipinski definition) is 2. The molecule has 1 atom stereocenters. The fraction of sp³-hybridized carbons (Fsp3) is 0.529. The third kappa shape index (κ3) is 3.84. The summed E-state index contributed by atoms with van der Waals surface area (Å²) in [6, 6.07) is 5.73. The number of nitrogens with zero attached hydrogens (tertiary/aromatic N) is 2. The van der Waals surface area contributed by atoms with Crippen molar-refractivity contribution in [2.75, 3.05) is 26.2 Å². The third-order valence-corrected chi connectivity index (χ3v) is 4.09. The van der Waals surface area contributed by atoms with Gasteiger partial charge in [0.05, 0.1) is 0 Å². The van der Waals surface area contributed by atoms with Crippen LogP contribution in [-0.2, 0) is 4.79 Å². The van der Waals surface area contributed by atoms with Gasteiger partial charge in [0.25, 0.3) is 5.91 Å². The summed E-state index contributed by atoms with van der Waals surface area (Å²) < 4.78 is 13.2. The first-order valence-electron chi connectivity index (χ1n) is 7.86. The predicted molar refractivity (Wildman–Crippen MR) is 83.0 cm³/mol. The van der Waals surface area contributed by atoms with E-state index in [9.17, 15) is 14.0 Å². The monoisotopic (exact) mass is 306 g/mol. The SMILES string of the molecule is CCCC(C)C(=O)N1CCN(C(=O)c2cccc(F)c2)CC1. The van der Waals surface area contributed by atoms with Crippen LogP contribution in [0, 0.1) is 11.7 Å². The van der Waals surface area contributed by atoms with E-state index < -0.39 is 5.82 Å². The van der Waals surface area contributed by atoms with Crippen molar-refractivity contribution in [3.63, 3.8) is 0 Å². The maximum atomic E-state index is 13.2. The van der Waals surface area contributed by atoms with Crippen LogP contribution >= 0.6 is 0 Å². The quantitative estimate of drug-likeness (QED) is 0.858. The highest BCUT2D eigenvalue weighted by Gasteiger charge is 2.27. The average Bonchev–Trinajstić information content (AvgIpc) is 2.54. The van der Waals surface area contributed by atoms with Gasteiger partial charge in [0.15, 0.2) is 0 Å². The van der Waals surface area contributed by atoms with Crippen LogP contribution in [0.5, 0.6) is 0 Å². The van der Waals surface area contributed by atoms with Crippen LogP contribution in [0.3, 0.4) is 0 Å². The first-order valence-corrected chi connectivity index (χ1v) is 7.86. The fourth-order valence-electron chi connectivity index (χ4n) is 2.80. The second kappa shape index (κ2) is 7.38. The van der Waals surface area contributed by atoms with E-state index in [0.717, 1.165) is 12.8 Å². The van der Waals surface area contributed by atoms with Crippen LogP contribution in [0.25, 0.3) is 0 Å². The first-order chi connectivity index (χ1) is 10.5. The molecule has 1 aromatic rings. The van der Waals surface area contributed by atoms with Crippen molar-refractivity contribution >= 4 is 11.8 Å². The molecule has 0 spiro atoms. The van der Waals surface area contributed by atoms with Gasteiger partial charge in [-0.25, -0.2) is 4.39 Å². The highest BCUT2D eigenvalue weighted by molar-refractivity contribution is 5.94. The maximum Gasteiger partial charge on any atom is 0.254 e. The molecule has 120 valence electrons. The van der Waals surface area contributed by atoms with Gasteiger partial charge in [0, 0.05) is 37.7 Å². The Morgan fingerprint density at radius 1 is 1.18 bits per heavy atom. The minimum absolute atomic E-state index is 0.0375. The normalized spacial score (nSPS) is 16.5. The molecule has 1 aliphatic heterocycles. The van der Waals surface area contributed by atoms with Gasteiger partial charge < -0.3 is 9.80 Å². The molecule has 0 radical (unpaired) electrons. The molecule has 5 heteroatoms. The molecule has 1 fully saturated rings. The molecule has 1 aromatic carbocycles. The van der Waals surface area contributed by atoms with Gasteiger partial charge in [0.2, 0.25) is 5.91 Å². The van der Waals surface area contributed by atoms with Gasteiger partial charge in [-0.1, -0.05) is 26.3 Å². The van der Waals surface area contributed by atoms with Crippen molar-refractivity contribution in [3.05, 3.63) is 35.6 Å². The zero-order valence-electron chi connectivity index (χ0n) is 13.2. The molecule has 0 N–H and O–H groups in total. The molecule has 0 bridgehead atoms. The summed E-state index contributed by atoms with van der Waals surface area (Å²) >= 11 is 0. The Bertz CT molecular complexity index is 539. The first kappa shape index (κ1) is 16.5. The molecular formula is C17H23FN2O2. The molecule has 2 rings (SSSR count). The number of amides is 2. The van der Waals surface area contributed by atoms with Crippen LogP contribution < -0.4 is 0 Å². The Labute approximate surface area is 130 Å². The van der Waals surface area contributed by atoms with Gasteiger partial charge in [-0.05, 0) is 24.6 Å². The summed E-state index contributed by atoms with van der Waals surface area (Å²) in [4.78, 5) is 28.1. The summed E-state index contributed by atoms with van der Waals surface area (Å²) in [5.41, 5.74) is 0.360. The van der Waals surface area contributed by atoms with Crippen molar-refractivity contribution in [1.82, 2.24) is 9.80 Å². The van der Waals surface area contributed by atoms with Gasteiger partial charge in [-0.15, -0.1) is 0 Å². The summed E-state index contributed by atoms with van der Waals surface area (Å²) in [7, 11) is 0. The lowest BCUT2D eigenvalue weighted by atomic mass is 10.0. The van der Waals surface area contributed by atoms with Crippen molar-refractivity contribution in [2.24, 2.45) is 5.92 Å². The molecule has 4 nitrogen and oxygen atoms in total. The van der Waals surface area contributed by atoms with Gasteiger partial charge >= 0.3 is 0 Å². The molecule has 1 heterocycles. The Balaban J connectivity index is 1.92. The van der Waals surface area contributed by atoms with E-state index in [-0.39, 0.29) is 17.7 Å². The highest BCUT2D eigenvalue weighted by atomic mass is 19.1. The van der Waals surface area contributed by atoms with E-state index >= 15 is 0 Å². The number of hydrogen-bond donors (Lipinski definition) is 0. The van der Waals surface area contributed by atoms with Crippen LogP contribution in [0.2, 0.25) is 0 Å². The number of halogens is 1. The summed E-state index contributed by atoms with van der Waals surface area (Å²) in [6.45, 7) is 6.12. The number of benzene rings is 1. The van der Waals surface area contributed by atoms with Crippen LogP contribution in [0.15, 0.2) is 24.3 Å². The summed E-state index contributed by atoms with van der Waals surface area (Å²) in [5, 5.41) is 0. The summed E-state index contributed by atoms with van der Waals surface area (Å²) in [6.07, 6.45) is 1.88. The summed E-state index contributed by atoms with van der Waals surface area (Å²) in [5.74, 6) is -0.378. The van der Waals surface area contributed by atoms with Crippen LogP contribution in [-0.4, -0.2) is 47.8 Å². The van der Waals surface area contributed by atoms with Crippen molar-refractivity contribution in [1.29, 1.82) is 0 Å². The van der Waals surface area contributed by atoms with Gasteiger partial charge in [-0.3, -0.25) is 9.59 Å². The van der Waals surface area contributed by atoms with Crippen molar-refractivity contribution in [2.45, 2.75) is 26.7 Å². The lowest BCUT2D eigenvalue weighted by Gasteiger charge is -2.36. The Hall–Kier alpha value is -1.91. The molecule has 0 saturated carbocycles. The largest absolute Gasteiger partial charge is 0.339 e. The van der Waals surface area contributed by atoms with E-state index in [0.29, 0.717) is 31.7 Å². The standard InChI is InChI=1S/C17H23FN2O2/c1-3-5-13(2)16(21)19-8-10-20(11-9-19)17(22)14-6-4-7-15(18)12-14/h4,6-7,12-13H,3,5,8-11H2,1-2H3.